The monoisotopic (exact) mass is 394 g/mol. The van der Waals surface area contributed by atoms with Gasteiger partial charge in [0.25, 0.3) is 0 Å². The molecule has 28 heavy (non-hydrogen) atoms. The summed E-state index contributed by atoms with van der Waals surface area (Å²) >= 11 is 0. The fourth-order valence-corrected chi connectivity index (χ4v) is 4.30. The van der Waals surface area contributed by atoms with Gasteiger partial charge in [0.15, 0.2) is 5.79 Å². The average molecular weight is 395 g/mol. The third-order valence-corrected chi connectivity index (χ3v) is 6.14. The zero-order valence-corrected chi connectivity index (χ0v) is 18.8. The Morgan fingerprint density at radius 2 is 1.32 bits per heavy atom. The summed E-state index contributed by atoms with van der Waals surface area (Å²) in [5, 5.41) is 0. The zero-order chi connectivity index (χ0) is 20.7. The molecule has 1 rings (SSSR count). The number of rotatable bonds is 17. The lowest BCUT2D eigenvalue weighted by Gasteiger charge is -2.38. The first kappa shape index (κ1) is 25.1. The summed E-state index contributed by atoms with van der Waals surface area (Å²) < 4.78 is 24.7. The van der Waals surface area contributed by atoms with Gasteiger partial charge in [0.1, 0.15) is 5.82 Å². The van der Waals surface area contributed by atoms with E-state index >= 15 is 0 Å². The van der Waals surface area contributed by atoms with Crippen molar-refractivity contribution in [1.82, 2.24) is 0 Å². The maximum absolute atomic E-state index is 13.0. The van der Waals surface area contributed by atoms with E-state index < -0.39 is 5.79 Å². The fourth-order valence-electron chi connectivity index (χ4n) is 4.30. The molecule has 0 aliphatic carbocycles. The van der Waals surface area contributed by atoms with Crippen molar-refractivity contribution in [2.75, 3.05) is 14.2 Å². The summed E-state index contributed by atoms with van der Waals surface area (Å²) in [6.07, 6.45) is 15.7. The Balaban J connectivity index is 2.41. The summed E-state index contributed by atoms with van der Waals surface area (Å²) in [5.41, 5.74) is 1.22. The van der Waals surface area contributed by atoms with E-state index in [0.29, 0.717) is 5.92 Å². The molecule has 162 valence electrons. The lowest BCUT2D eigenvalue weighted by atomic mass is 9.85. The normalized spacial score (nSPS) is 13.0. The van der Waals surface area contributed by atoms with Crippen LogP contribution in [0.1, 0.15) is 96.5 Å². The summed E-state index contributed by atoms with van der Waals surface area (Å²) in [5.74, 6) is -0.152. The number of ether oxygens (including phenoxy) is 2. The van der Waals surface area contributed by atoms with Crippen LogP contribution in [0.2, 0.25) is 0 Å². The molecule has 0 aliphatic rings. The number of aryl methyl sites for hydroxylation is 1. The SMILES string of the molecule is CCCCCCCCC(CCCCCc1ccc(F)cc1)C(CC)(OC)OC. The summed E-state index contributed by atoms with van der Waals surface area (Å²) in [6, 6.07) is 6.90. The molecule has 1 unspecified atom stereocenters. The minimum absolute atomic E-state index is 0.156. The molecule has 0 spiro atoms. The van der Waals surface area contributed by atoms with E-state index in [-0.39, 0.29) is 5.82 Å². The standard InChI is InChI=1S/C25H43FO2/c1-5-7-8-9-10-13-16-23(25(6-2,27-3)28-4)17-14-11-12-15-22-18-20-24(26)21-19-22/h18-21,23H,5-17H2,1-4H3. The second-order valence-electron chi connectivity index (χ2n) is 8.05. The molecule has 0 saturated heterocycles. The van der Waals surface area contributed by atoms with Crippen LogP contribution < -0.4 is 0 Å². The zero-order valence-electron chi connectivity index (χ0n) is 18.8. The van der Waals surface area contributed by atoms with Gasteiger partial charge >= 0.3 is 0 Å². The molecule has 0 amide bonds. The average Bonchev–Trinajstić information content (AvgIpc) is 2.72. The highest BCUT2D eigenvalue weighted by Gasteiger charge is 2.36. The summed E-state index contributed by atoms with van der Waals surface area (Å²) in [7, 11) is 3.57. The van der Waals surface area contributed by atoms with Gasteiger partial charge in [-0.1, -0.05) is 77.3 Å². The van der Waals surface area contributed by atoms with Crippen molar-refractivity contribution >= 4 is 0 Å². The van der Waals surface area contributed by atoms with Crippen LogP contribution in [-0.2, 0) is 15.9 Å². The van der Waals surface area contributed by atoms with Gasteiger partial charge in [-0.25, -0.2) is 4.39 Å². The summed E-state index contributed by atoms with van der Waals surface area (Å²) in [6.45, 7) is 4.43. The molecule has 0 aromatic heterocycles. The van der Waals surface area contributed by atoms with Crippen LogP contribution in [-0.4, -0.2) is 20.0 Å². The molecule has 3 heteroatoms. The highest BCUT2D eigenvalue weighted by Crippen LogP contribution is 2.34. The fraction of sp³-hybridized carbons (Fsp3) is 0.760. The molecule has 1 atom stereocenters. The maximum Gasteiger partial charge on any atom is 0.170 e. The molecule has 2 nitrogen and oxygen atoms in total. The van der Waals surface area contributed by atoms with E-state index in [2.05, 4.69) is 13.8 Å². The Morgan fingerprint density at radius 3 is 1.86 bits per heavy atom. The van der Waals surface area contributed by atoms with Gasteiger partial charge in [0.05, 0.1) is 0 Å². The first-order chi connectivity index (χ1) is 13.6. The van der Waals surface area contributed by atoms with Gasteiger partial charge < -0.3 is 9.47 Å². The minimum Gasteiger partial charge on any atom is -0.353 e. The molecule has 0 N–H and O–H groups in total. The molecular weight excluding hydrogens is 351 g/mol. The quantitative estimate of drug-likeness (QED) is 0.199. The number of benzene rings is 1. The number of methoxy groups -OCH3 is 2. The maximum atomic E-state index is 13.0. The van der Waals surface area contributed by atoms with Crippen molar-refractivity contribution in [3.63, 3.8) is 0 Å². The number of hydrogen-bond acceptors (Lipinski definition) is 2. The van der Waals surface area contributed by atoms with E-state index in [1.165, 1.54) is 63.4 Å². The lowest BCUT2D eigenvalue weighted by Crippen LogP contribution is -2.41. The van der Waals surface area contributed by atoms with E-state index in [1.54, 1.807) is 26.4 Å². The topological polar surface area (TPSA) is 18.5 Å². The molecule has 0 radical (unpaired) electrons. The first-order valence-electron chi connectivity index (χ1n) is 11.5. The largest absolute Gasteiger partial charge is 0.353 e. The highest BCUT2D eigenvalue weighted by molar-refractivity contribution is 5.15. The predicted octanol–water partition coefficient (Wildman–Crippen LogP) is 7.69. The van der Waals surface area contributed by atoms with E-state index in [1.807, 2.05) is 12.1 Å². The van der Waals surface area contributed by atoms with E-state index in [9.17, 15) is 4.39 Å². The number of hydrogen-bond donors (Lipinski definition) is 0. The van der Waals surface area contributed by atoms with Crippen molar-refractivity contribution in [2.45, 2.75) is 103 Å². The molecule has 0 fully saturated rings. The lowest BCUT2D eigenvalue weighted by molar-refractivity contribution is -0.244. The number of unbranched alkanes of at least 4 members (excludes halogenated alkanes) is 7. The van der Waals surface area contributed by atoms with Crippen LogP contribution in [0.15, 0.2) is 24.3 Å². The smallest absolute Gasteiger partial charge is 0.170 e. The Hall–Kier alpha value is -0.930. The van der Waals surface area contributed by atoms with Crippen LogP contribution in [0.25, 0.3) is 0 Å². The molecular formula is C25H43FO2. The van der Waals surface area contributed by atoms with Crippen LogP contribution in [0, 0.1) is 11.7 Å². The second kappa shape index (κ2) is 15.0. The van der Waals surface area contributed by atoms with Crippen molar-refractivity contribution < 1.29 is 13.9 Å². The number of halogens is 1. The van der Waals surface area contributed by atoms with Crippen molar-refractivity contribution in [3.05, 3.63) is 35.6 Å². The van der Waals surface area contributed by atoms with Crippen LogP contribution in [0.3, 0.4) is 0 Å². The molecule has 0 aliphatic heterocycles. The van der Waals surface area contributed by atoms with Gasteiger partial charge in [-0.15, -0.1) is 0 Å². The third kappa shape index (κ3) is 9.05. The van der Waals surface area contributed by atoms with Crippen molar-refractivity contribution in [3.8, 4) is 0 Å². The molecule has 0 bridgehead atoms. The van der Waals surface area contributed by atoms with E-state index in [4.69, 9.17) is 9.47 Å². The molecule has 1 aromatic carbocycles. The first-order valence-corrected chi connectivity index (χ1v) is 11.5. The van der Waals surface area contributed by atoms with Gasteiger partial charge in [0.2, 0.25) is 0 Å². The van der Waals surface area contributed by atoms with Crippen molar-refractivity contribution in [2.24, 2.45) is 5.92 Å². The minimum atomic E-state index is -0.444. The Morgan fingerprint density at radius 1 is 0.786 bits per heavy atom. The van der Waals surface area contributed by atoms with Gasteiger partial charge in [-0.05, 0) is 49.8 Å². The van der Waals surface area contributed by atoms with Crippen LogP contribution in [0.5, 0.6) is 0 Å². The Labute approximate surface area is 173 Å². The van der Waals surface area contributed by atoms with E-state index in [0.717, 1.165) is 25.7 Å². The third-order valence-electron chi connectivity index (χ3n) is 6.14. The Bertz CT molecular complexity index is 474. The van der Waals surface area contributed by atoms with Crippen LogP contribution in [0.4, 0.5) is 4.39 Å². The molecule has 1 aromatic rings. The second-order valence-corrected chi connectivity index (χ2v) is 8.05. The summed E-state index contributed by atoms with van der Waals surface area (Å²) in [4.78, 5) is 0. The predicted molar refractivity (Wildman–Crippen MR) is 117 cm³/mol. The van der Waals surface area contributed by atoms with Gasteiger partial charge in [0, 0.05) is 20.1 Å². The Kier molecular flexibility index (Phi) is 13.4. The van der Waals surface area contributed by atoms with Crippen molar-refractivity contribution in [1.29, 1.82) is 0 Å². The van der Waals surface area contributed by atoms with Crippen LogP contribution >= 0.6 is 0 Å². The molecule has 0 heterocycles. The highest BCUT2D eigenvalue weighted by atomic mass is 19.1. The molecule has 0 saturated carbocycles. The van der Waals surface area contributed by atoms with Gasteiger partial charge in [-0.2, -0.15) is 0 Å². The van der Waals surface area contributed by atoms with Gasteiger partial charge in [-0.3, -0.25) is 0 Å².